The van der Waals surface area contributed by atoms with Crippen LogP contribution in [0.1, 0.15) is 6.42 Å². The summed E-state index contributed by atoms with van der Waals surface area (Å²) in [4.78, 5) is 9.96. The topological polar surface area (TPSA) is 84.9 Å². The molecule has 0 aliphatic carbocycles. The third-order valence-corrected chi connectivity index (χ3v) is 1.01. The van der Waals surface area contributed by atoms with Crippen molar-refractivity contribution in [2.45, 2.75) is 12.5 Å². The van der Waals surface area contributed by atoms with Crippen molar-refractivity contribution in [2.75, 3.05) is 0 Å². The summed E-state index contributed by atoms with van der Waals surface area (Å²) in [6, 6.07) is 3.22. The molecular weight excluding hydrogens is 132 g/mol. The zero-order valence-corrected chi connectivity index (χ0v) is 5.19. The van der Waals surface area contributed by atoms with Crippen molar-refractivity contribution < 1.29 is 9.90 Å². The van der Waals surface area contributed by atoms with Crippen LogP contribution in [0.4, 0.5) is 0 Å². The van der Waals surface area contributed by atoms with Gasteiger partial charge in [0.2, 0.25) is 0 Å². The molecule has 0 heterocycles. The summed E-state index contributed by atoms with van der Waals surface area (Å²) in [6.45, 7) is 0. The van der Waals surface area contributed by atoms with Crippen molar-refractivity contribution in [1.29, 1.82) is 10.5 Å². The number of carbonyl (C=O) groups excluding carboxylic acids is 1. The summed E-state index contributed by atoms with van der Waals surface area (Å²) in [5, 5.41) is 25.0. The van der Waals surface area contributed by atoms with Gasteiger partial charge in [0, 0.05) is 0 Å². The molecule has 0 amide bonds. The molecule has 0 aliphatic rings. The van der Waals surface area contributed by atoms with Crippen LogP contribution in [0.15, 0.2) is 0 Å². The van der Waals surface area contributed by atoms with E-state index in [1.807, 2.05) is 0 Å². The van der Waals surface area contributed by atoms with Crippen molar-refractivity contribution in [1.82, 2.24) is 0 Å². The largest absolute Gasteiger partial charge is 0.390 e. The van der Waals surface area contributed by atoms with Gasteiger partial charge in [0.05, 0.1) is 24.7 Å². The number of rotatable bonds is 3. The fraction of sp³-hybridized carbons (Fsp3) is 0.500. The first-order valence-electron chi connectivity index (χ1n) is 2.66. The van der Waals surface area contributed by atoms with Gasteiger partial charge in [-0.1, -0.05) is 0 Å². The van der Waals surface area contributed by atoms with Gasteiger partial charge in [0.15, 0.2) is 0 Å². The lowest BCUT2D eigenvalue weighted by Crippen LogP contribution is -2.19. The van der Waals surface area contributed by atoms with Crippen molar-refractivity contribution in [3.63, 3.8) is 0 Å². The van der Waals surface area contributed by atoms with E-state index in [1.165, 1.54) is 0 Å². The number of nitrogens with zero attached hydrogens (tertiary/aromatic N) is 2. The SMILES string of the molecule is N#CCC(O)C(C#N)C=O. The van der Waals surface area contributed by atoms with Crippen LogP contribution in [-0.2, 0) is 4.79 Å². The minimum absolute atomic E-state index is 0.184. The second-order valence-corrected chi connectivity index (χ2v) is 1.72. The highest BCUT2D eigenvalue weighted by Crippen LogP contribution is 2.01. The maximum Gasteiger partial charge on any atom is 0.139 e. The van der Waals surface area contributed by atoms with E-state index in [2.05, 4.69) is 0 Å². The quantitative estimate of drug-likeness (QED) is 0.537. The van der Waals surface area contributed by atoms with Crippen molar-refractivity contribution in [3.8, 4) is 12.1 Å². The lowest BCUT2D eigenvalue weighted by molar-refractivity contribution is -0.112. The van der Waals surface area contributed by atoms with Gasteiger partial charge in [0.25, 0.3) is 0 Å². The summed E-state index contributed by atoms with van der Waals surface area (Å²) < 4.78 is 0. The molecule has 4 heteroatoms. The third-order valence-electron chi connectivity index (χ3n) is 1.01. The highest BCUT2D eigenvalue weighted by atomic mass is 16.3. The summed E-state index contributed by atoms with van der Waals surface area (Å²) in [5.74, 6) is -1.07. The van der Waals surface area contributed by atoms with Crippen LogP contribution in [0.25, 0.3) is 0 Å². The fourth-order valence-corrected chi connectivity index (χ4v) is 0.428. The van der Waals surface area contributed by atoms with E-state index in [0.29, 0.717) is 6.29 Å². The van der Waals surface area contributed by atoms with E-state index in [-0.39, 0.29) is 6.42 Å². The molecule has 52 valence electrons. The van der Waals surface area contributed by atoms with Gasteiger partial charge >= 0.3 is 0 Å². The first kappa shape index (κ1) is 8.61. The standard InChI is InChI=1S/C6H6N2O2/c7-2-1-6(10)5(3-8)4-9/h4-6,10H,1H2. The number of aliphatic hydroxyl groups is 1. The average Bonchev–Trinajstić information content (AvgIpc) is 1.91. The average molecular weight is 138 g/mol. The van der Waals surface area contributed by atoms with Crippen LogP contribution in [0, 0.1) is 28.6 Å². The lowest BCUT2D eigenvalue weighted by atomic mass is 10.0. The highest BCUT2D eigenvalue weighted by Gasteiger charge is 2.16. The third kappa shape index (κ3) is 2.25. The lowest BCUT2D eigenvalue weighted by Gasteiger charge is -2.04. The van der Waals surface area contributed by atoms with Crippen LogP contribution in [0.3, 0.4) is 0 Å². The van der Waals surface area contributed by atoms with Crippen LogP contribution in [0.5, 0.6) is 0 Å². The van der Waals surface area contributed by atoms with Crippen LogP contribution < -0.4 is 0 Å². The highest BCUT2D eigenvalue weighted by molar-refractivity contribution is 5.58. The number of aldehydes is 1. The molecular formula is C6H6N2O2. The van der Waals surface area contributed by atoms with Crippen LogP contribution in [0.2, 0.25) is 0 Å². The van der Waals surface area contributed by atoms with E-state index >= 15 is 0 Å². The molecule has 4 nitrogen and oxygen atoms in total. The number of carbonyl (C=O) groups is 1. The van der Waals surface area contributed by atoms with E-state index < -0.39 is 12.0 Å². The van der Waals surface area contributed by atoms with E-state index in [0.717, 1.165) is 0 Å². The number of hydrogen-bond acceptors (Lipinski definition) is 4. The minimum atomic E-state index is -1.15. The maximum atomic E-state index is 9.96. The van der Waals surface area contributed by atoms with E-state index in [1.54, 1.807) is 12.1 Å². The Balaban J connectivity index is 3.94. The van der Waals surface area contributed by atoms with E-state index in [4.69, 9.17) is 15.6 Å². The summed E-state index contributed by atoms with van der Waals surface area (Å²) in [7, 11) is 0. The Morgan fingerprint density at radius 3 is 2.50 bits per heavy atom. The second kappa shape index (κ2) is 4.49. The second-order valence-electron chi connectivity index (χ2n) is 1.72. The van der Waals surface area contributed by atoms with Gasteiger partial charge in [-0.25, -0.2) is 0 Å². The fourth-order valence-electron chi connectivity index (χ4n) is 0.428. The maximum absolute atomic E-state index is 9.96. The molecule has 0 aromatic carbocycles. The molecule has 0 radical (unpaired) electrons. The Morgan fingerprint density at radius 2 is 2.20 bits per heavy atom. The number of nitriles is 2. The molecule has 0 aromatic rings. The summed E-state index contributed by atoms with van der Waals surface area (Å²) >= 11 is 0. The van der Waals surface area contributed by atoms with Crippen molar-refractivity contribution >= 4 is 6.29 Å². The van der Waals surface area contributed by atoms with Crippen LogP contribution in [-0.4, -0.2) is 17.5 Å². The molecule has 0 aromatic heterocycles. The van der Waals surface area contributed by atoms with Gasteiger partial charge in [-0.15, -0.1) is 0 Å². The van der Waals surface area contributed by atoms with Gasteiger partial charge in [-0.05, 0) is 0 Å². The number of aliphatic hydroxyl groups excluding tert-OH is 1. The van der Waals surface area contributed by atoms with Crippen molar-refractivity contribution in [2.24, 2.45) is 5.92 Å². The Kier molecular flexibility index (Phi) is 3.86. The summed E-state index contributed by atoms with van der Waals surface area (Å²) in [5.41, 5.74) is 0. The molecule has 1 N–H and O–H groups in total. The molecule has 2 unspecified atom stereocenters. The molecule has 10 heavy (non-hydrogen) atoms. The van der Waals surface area contributed by atoms with E-state index in [9.17, 15) is 4.79 Å². The monoisotopic (exact) mass is 138 g/mol. The molecule has 0 rings (SSSR count). The predicted molar refractivity (Wildman–Crippen MR) is 31.4 cm³/mol. The molecule has 0 saturated carbocycles. The predicted octanol–water partition coefficient (Wildman–Crippen LogP) is -0.400. The van der Waals surface area contributed by atoms with Gasteiger partial charge in [-0.3, -0.25) is 0 Å². The zero-order chi connectivity index (χ0) is 7.98. The molecule has 0 spiro atoms. The normalized spacial score (nSPS) is 14.3. The first-order valence-corrected chi connectivity index (χ1v) is 2.66. The zero-order valence-electron chi connectivity index (χ0n) is 5.19. The Labute approximate surface area is 58.3 Å². The summed E-state index contributed by atoms with van der Waals surface area (Å²) in [6.07, 6.45) is -0.994. The number of hydrogen-bond donors (Lipinski definition) is 1. The molecule has 0 bridgehead atoms. The van der Waals surface area contributed by atoms with Crippen molar-refractivity contribution in [3.05, 3.63) is 0 Å². The van der Waals surface area contributed by atoms with Gasteiger partial charge in [-0.2, -0.15) is 10.5 Å². The Hall–Kier alpha value is -1.39. The van der Waals surface area contributed by atoms with Crippen LogP contribution >= 0.6 is 0 Å². The molecule has 0 fully saturated rings. The first-order chi connectivity index (χ1) is 4.76. The Morgan fingerprint density at radius 1 is 1.60 bits per heavy atom. The molecule has 0 aliphatic heterocycles. The van der Waals surface area contributed by atoms with Gasteiger partial charge in [0.1, 0.15) is 12.2 Å². The molecule has 2 atom stereocenters. The Bertz CT molecular complexity index is 189. The minimum Gasteiger partial charge on any atom is -0.390 e. The smallest absolute Gasteiger partial charge is 0.139 e. The molecule has 0 saturated heterocycles. The van der Waals surface area contributed by atoms with Gasteiger partial charge < -0.3 is 9.90 Å².